The van der Waals surface area contributed by atoms with E-state index in [1.165, 1.54) is 19.3 Å². The van der Waals surface area contributed by atoms with Crippen LogP contribution in [0.25, 0.3) is 0 Å². The first kappa shape index (κ1) is 10.8. The normalized spacial score (nSPS) is 32.0. The summed E-state index contributed by atoms with van der Waals surface area (Å²) in [4.78, 5) is 0. The van der Waals surface area contributed by atoms with E-state index in [-0.39, 0.29) is 0 Å². The van der Waals surface area contributed by atoms with E-state index in [9.17, 15) is 0 Å². The van der Waals surface area contributed by atoms with E-state index in [4.69, 9.17) is 0 Å². The van der Waals surface area contributed by atoms with Crippen LogP contribution >= 0.6 is 0 Å². The Morgan fingerprint density at radius 3 is 2.54 bits per heavy atom. The van der Waals surface area contributed by atoms with Crippen molar-refractivity contribution in [1.29, 1.82) is 0 Å². The zero-order chi connectivity index (χ0) is 9.84. The van der Waals surface area contributed by atoms with Crippen molar-refractivity contribution in [3.8, 4) is 0 Å². The van der Waals surface area contributed by atoms with E-state index in [1.54, 1.807) is 0 Å². The Labute approximate surface area is 83.4 Å². The summed E-state index contributed by atoms with van der Waals surface area (Å²) in [5.74, 6) is 3.81. The predicted molar refractivity (Wildman–Crippen MR) is 59.6 cm³/mol. The standard InChI is InChI=1S/C13H24/c1-5-7-10(3)12-9-13(12)11(4)8-6-2/h5,7,10-13H,6,8-9H2,1-4H3. The molecule has 1 saturated carbocycles. The molecule has 0 nitrogen and oxygen atoms in total. The Morgan fingerprint density at radius 1 is 1.31 bits per heavy atom. The smallest absolute Gasteiger partial charge is 0.0231 e. The summed E-state index contributed by atoms with van der Waals surface area (Å²) in [5, 5.41) is 0. The first-order chi connectivity index (χ1) is 6.20. The Kier molecular flexibility index (Phi) is 4.02. The molecule has 0 heterocycles. The predicted octanol–water partition coefficient (Wildman–Crippen LogP) is 4.27. The zero-order valence-corrected chi connectivity index (χ0v) is 9.59. The fourth-order valence-corrected chi connectivity index (χ4v) is 2.61. The molecule has 0 bridgehead atoms. The third kappa shape index (κ3) is 2.86. The van der Waals surface area contributed by atoms with E-state index >= 15 is 0 Å². The van der Waals surface area contributed by atoms with Crippen LogP contribution in [0.1, 0.15) is 47.0 Å². The van der Waals surface area contributed by atoms with Gasteiger partial charge >= 0.3 is 0 Å². The Balaban J connectivity index is 2.28. The molecule has 0 N–H and O–H groups in total. The molecular formula is C13H24. The molecule has 0 radical (unpaired) electrons. The van der Waals surface area contributed by atoms with Crippen LogP contribution in [-0.4, -0.2) is 0 Å². The number of hydrogen-bond donors (Lipinski definition) is 0. The second-order valence-corrected chi connectivity index (χ2v) is 4.71. The molecule has 0 aliphatic heterocycles. The molecule has 4 atom stereocenters. The van der Waals surface area contributed by atoms with Crippen LogP contribution in [0.2, 0.25) is 0 Å². The number of rotatable bonds is 5. The van der Waals surface area contributed by atoms with Gasteiger partial charge in [0.2, 0.25) is 0 Å². The van der Waals surface area contributed by atoms with Crippen LogP contribution in [0.4, 0.5) is 0 Å². The molecule has 0 spiro atoms. The van der Waals surface area contributed by atoms with E-state index in [1.807, 2.05) is 0 Å². The first-order valence-electron chi connectivity index (χ1n) is 5.83. The van der Waals surface area contributed by atoms with E-state index in [2.05, 4.69) is 39.8 Å². The van der Waals surface area contributed by atoms with Crippen LogP contribution in [0.3, 0.4) is 0 Å². The van der Waals surface area contributed by atoms with Gasteiger partial charge in [0.05, 0.1) is 0 Å². The monoisotopic (exact) mass is 180 g/mol. The van der Waals surface area contributed by atoms with Gasteiger partial charge in [-0.25, -0.2) is 0 Å². The SMILES string of the molecule is CC=CC(C)C1CC1C(C)CCC. The lowest BCUT2D eigenvalue weighted by Crippen LogP contribution is -2.02. The van der Waals surface area contributed by atoms with Gasteiger partial charge in [0, 0.05) is 0 Å². The first-order valence-corrected chi connectivity index (χ1v) is 5.83. The van der Waals surface area contributed by atoms with E-state index in [0.717, 1.165) is 23.7 Å². The van der Waals surface area contributed by atoms with Crippen LogP contribution in [0.5, 0.6) is 0 Å². The summed E-state index contributed by atoms with van der Waals surface area (Å²) < 4.78 is 0. The minimum Gasteiger partial charge on any atom is -0.0914 e. The van der Waals surface area contributed by atoms with Crippen molar-refractivity contribution >= 4 is 0 Å². The van der Waals surface area contributed by atoms with Gasteiger partial charge in [-0.05, 0) is 37.0 Å². The van der Waals surface area contributed by atoms with Gasteiger partial charge in [-0.3, -0.25) is 0 Å². The zero-order valence-electron chi connectivity index (χ0n) is 9.59. The molecule has 1 rings (SSSR count). The second kappa shape index (κ2) is 4.83. The highest BCUT2D eigenvalue weighted by molar-refractivity contribution is 4.99. The van der Waals surface area contributed by atoms with Gasteiger partial charge in [0.15, 0.2) is 0 Å². The van der Waals surface area contributed by atoms with Crippen LogP contribution < -0.4 is 0 Å². The van der Waals surface area contributed by atoms with E-state index < -0.39 is 0 Å². The van der Waals surface area contributed by atoms with Gasteiger partial charge in [-0.2, -0.15) is 0 Å². The maximum atomic E-state index is 2.43. The van der Waals surface area contributed by atoms with Gasteiger partial charge in [0.25, 0.3) is 0 Å². The topological polar surface area (TPSA) is 0 Å². The molecule has 0 amide bonds. The highest BCUT2D eigenvalue weighted by atomic mass is 14.5. The largest absolute Gasteiger partial charge is 0.0914 e. The van der Waals surface area contributed by atoms with E-state index in [0.29, 0.717) is 0 Å². The molecule has 13 heavy (non-hydrogen) atoms. The molecule has 0 aromatic carbocycles. The Morgan fingerprint density at radius 2 is 2.00 bits per heavy atom. The fourth-order valence-electron chi connectivity index (χ4n) is 2.61. The lowest BCUT2D eigenvalue weighted by atomic mass is 9.95. The lowest BCUT2D eigenvalue weighted by molar-refractivity contribution is 0.413. The van der Waals surface area contributed by atoms with Crippen molar-refractivity contribution in [3.05, 3.63) is 12.2 Å². The average Bonchev–Trinajstić information content (AvgIpc) is 2.84. The summed E-state index contributed by atoms with van der Waals surface area (Å²) in [5.41, 5.74) is 0. The second-order valence-electron chi connectivity index (χ2n) is 4.71. The molecule has 0 heteroatoms. The molecular weight excluding hydrogens is 156 g/mol. The molecule has 0 aromatic heterocycles. The van der Waals surface area contributed by atoms with Gasteiger partial charge < -0.3 is 0 Å². The van der Waals surface area contributed by atoms with Crippen molar-refractivity contribution in [3.63, 3.8) is 0 Å². The van der Waals surface area contributed by atoms with Crippen LogP contribution in [0, 0.1) is 23.7 Å². The maximum Gasteiger partial charge on any atom is -0.0231 e. The van der Waals surface area contributed by atoms with Crippen LogP contribution in [-0.2, 0) is 0 Å². The summed E-state index contributed by atoms with van der Waals surface area (Å²) in [6.07, 6.45) is 8.81. The Bertz CT molecular complexity index is 169. The third-order valence-electron chi connectivity index (χ3n) is 3.54. The average molecular weight is 180 g/mol. The maximum absolute atomic E-state index is 2.43. The minimum atomic E-state index is 0.814. The van der Waals surface area contributed by atoms with Crippen molar-refractivity contribution in [2.24, 2.45) is 23.7 Å². The van der Waals surface area contributed by atoms with Crippen molar-refractivity contribution in [2.45, 2.75) is 47.0 Å². The molecule has 1 aliphatic rings. The van der Waals surface area contributed by atoms with Crippen molar-refractivity contribution in [2.75, 3.05) is 0 Å². The van der Waals surface area contributed by atoms with Gasteiger partial charge in [0.1, 0.15) is 0 Å². The summed E-state index contributed by atoms with van der Waals surface area (Å²) in [6.45, 7) is 9.21. The van der Waals surface area contributed by atoms with Gasteiger partial charge in [-0.15, -0.1) is 0 Å². The van der Waals surface area contributed by atoms with Gasteiger partial charge in [-0.1, -0.05) is 45.8 Å². The van der Waals surface area contributed by atoms with Crippen molar-refractivity contribution in [1.82, 2.24) is 0 Å². The number of allylic oxidation sites excluding steroid dienone is 2. The molecule has 1 aliphatic carbocycles. The Hall–Kier alpha value is -0.260. The third-order valence-corrected chi connectivity index (χ3v) is 3.54. The molecule has 1 fully saturated rings. The quantitative estimate of drug-likeness (QED) is 0.554. The highest BCUT2D eigenvalue weighted by Gasteiger charge is 2.42. The molecule has 0 aromatic rings. The highest BCUT2D eigenvalue weighted by Crippen LogP contribution is 2.50. The number of hydrogen-bond acceptors (Lipinski definition) is 0. The van der Waals surface area contributed by atoms with Crippen molar-refractivity contribution < 1.29 is 0 Å². The molecule has 76 valence electrons. The molecule has 0 saturated heterocycles. The summed E-state index contributed by atoms with van der Waals surface area (Å²) >= 11 is 0. The fraction of sp³-hybridized carbons (Fsp3) is 0.846. The van der Waals surface area contributed by atoms with Crippen LogP contribution in [0.15, 0.2) is 12.2 Å². The minimum absolute atomic E-state index is 0.814. The molecule has 4 unspecified atom stereocenters. The lowest BCUT2D eigenvalue weighted by Gasteiger charge is -2.11. The summed E-state index contributed by atoms with van der Waals surface area (Å²) in [6, 6.07) is 0. The summed E-state index contributed by atoms with van der Waals surface area (Å²) in [7, 11) is 0.